The second-order valence-corrected chi connectivity index (χ2v) is 7.41. The summed E-state index contributed by atoms with van der Waals surface area (Å²) in [6.45, 7) is 1.36. The number of anilines is 1. The number of urea groups is 1. The average Bonchev–Trinajstić information content (AvgIpc) is 2.73. The van der Waals surface area contributed by atoms with Gasteiger partial charge in [-0.1, -0.05) is 29.3 Å². The van der Waals surface area contributed by atoms with E-state index in [2.05, 4.69) is 5.32 Å². The molecule has 1 aliphatic heterocycles. The first kappa shape index (κ1) is 23.1. The Bertz CT molecular complexity index is 1160. The van der Waals surface area contributed by atoms with Crippen LogP contribution in [0.3, 0.4) is 0 Å². The molecule has 2 aromatic rings. The number of halogens is 2. The first-order chi connectivity index (χ1) is 15.1. The monoisotopic (exact) mass is 478 g/mol. The quantitative estimate of drug-likeness (QED) is 0.480. The summed E-state index contributed by atoms with van der Waals surface area (Å²) in [6, 6.07) is 7.63. The highest BCUT2D eigenvalue weighted by Gasteiger charge is 2.37. The number of carboxylic acids is 1. The van der Waals surface area contributed by atoms with Gasteiger partial charge in [-0.15, -0.1) is 0 Å². The molecule has 0 bridgehead atoms. The van der Waals surface area contributed by atoms with Crippen molar-refractivity contribution in [2.24, 2.45) is 0 Å². The molecule has 1 fully saturated rings. The zero-order valence-corrected chi connectivity index (χ0v) is 18.2. The minimum atomic E-state index is -1.16. The molecule has 0 spiro atoms. The third-order valence-electron chi connectivity index (χ3n) is 4.40. The second kappa shape index (κ2) is 9.29. The van der Waals surface area contributed by atoms with Crippen LogP contribution in [0.25, 0.3) is 6.08 Å². The van der Waals surface area contributed by atoms with Crippen LogP contribution in [0.15, 0.2) is 42.0 Å². The van der Waals surface area contributed by atoms with E-state index in [1.165, 1.54) is 56.5 Å². The van der Waals surface area contributed by atoms with Gasteiger partial charge in [0.15, 0.2) is 17.6 Å². The molecule has 2 N–H and O–H groups in total. The molecule has 166 valence electrons. The number of benzene rings is 2. The number of nitrogens with zero attached hydrogens (tertiary/aromatic N) is 1. The van der Waals surface area contributed by atoms with E-state index in [-0.39, 0.29) is 27.8 Å². The van der Waals surface area contributed by atoms with E-state index in [9.17, 15) is 19.2 Å². The first-order valence-electron chi connectivity index (χ1n) is 9.06. The van der Waals surface area contributed by atoms with Crippen molar-refractivity contribution in [1.82, 2.24) is 5.32 Å². The third kappa shape index (κ3) is 4.68. The minimum absolute atomic E-state index is 0.0467. The van der Waals surface area contributed by atoms with Crippen molar-refractivity contribution in [3.8, 4) is 11.5 Å². The van der Waals surface area contributed by atoms with Crippen LogP contribution in [0.5, 0.6) is 11.5 Å². The molecule has 2 aromatic carbocycles. The molecule has 11 heteroatoms. The number of nitrogens with one attached hydrogen (secondary N) is 1. The summed E-state index contributed by atoms with van der Waals surface area (Å²) in [6.07, 6.45) is 0.135. The van der Waals surface area contributed by atoms with Gasteiger partial charge >= 0.3 is 12.0 Å². The van der Waals surface area contributed by atoms with Crippen molar-refractivity contribution in [1.29, 1.82) is 0 Å². The van der Waals surface area contributed by atoms with Crippen LogP contribution in [0.2, 0.25) is 10.0 Å². The summed E-state index contributed by atoms with van der Waals surface area (Å²) in [5, 5.41) is 11.5. The Balaban J connectivity index is 1.97. The summed E-state index contributed by atoms with van der Waals surface area (Å²) >= 11 is 12.0. The summed E-state index contributed by atoms with van der Waals surface area (Å²) in [4.78, 5) is 49.4. The molecule has 0 saturated carbocycles. The maximum absolute atomic E-state index is 13.0. The van der Waals surface area contributed by atoms with Crippen molar-refractivity contribution < 1.29 is 33.8 Å². The lowest BCUT2D eigenvalue weighted by molar-refractivity contribution is -0.144. The number of carboxylic acid groups (broad SMARTS) is 1. The largest absolute Gasteiger partial charge is 0.493 e. The van der Waals surface area contributed by atoms with Crippen LogP contribution < -0.4 is 19.7 Å². The number of barbiturate groups is 1. The molecule has 1 aliphatic rings. The van der Waals surface area contributed by atoms with E-state index in [0.29, 0.717) is 10.6 Å². The van der Waals surface area contributed by atoms with Crippen LogP contribution in [-0.2, 0) is 14.4 Å². The second-order valence-electron chi connectivity index (χ2n) is 6.56. The lowest BCUT2D eigenvalue weighted by atomic mass is 10.1. The Morgan fingerprint density at radius 3 is 2.47 bits per heavy atom. The van der Waals surface area contributed by atoms with E-state index < -0.39 is 29.9 Å². The summed E-state index contributed by atoms with van der Waals surface area (Å²) in [7, 11) is 1.35. The number of imide groups is 2. The number of hydrogen-bond donors (Lipinski definition) is 2. The van der Waals surface area contributed by atoms with Crippen molar-refractivity contribution in [3.05, 3.63) is 57.6 Å². The smallest absolute Gasteiger partial charge is 0.344 e. The van der Waals surface area contributed by atoms with Gasteiger partial charge in [0, 0.05) is 5.02 Å². The molecule has 0 radical (unpaired) electrons. The molecule has 0 unspecified atom stereocenters. The topological polar surface area (TPSA) is 122 Å². The van der Waals surface area contributed by atoms with E-state index in [1.807, 2.05) is 0 Å². The number of rotatable bonds is 6. The Labute approximate surface area is 192 Å². The molecule has 0 aliphatic carbocycles. The van der Waals surface area contributed by atoms with Crippen molar-refractivity contribution in [2.75, 3.05) is 12.0 Å². The highest BCUT2D eigenvalue weighted by atomic mass is 35.5. The van der Waals surface area contributed by atoms with Gasteiger partial charge in [-0.3, -0.25) is 14.9 Å². The van der Waals surface area contributed by atoms with Gasteiger partial charge in [0.2, 0.25) is 0 Å². The van der Waals surface area contributed by atoms with Crippen molar-refractivity contribution in [2.45, 2.75) is 13.0 Å². The summed E-state index contributed by atoms with van der Waals surface area (Å²) < 4.78 is 10.5. The van der Waals surface area contributed by atoms with Crippen LogP contribution in [-0.4, -0.2) is 42.1 Å². The summed E-state index contributed by atoms with van der Waals surface area (Å²) in [5.74, 6) is -2.59. The fourth-order valence-electron chi connectivity index (χ4n) is 2.82. The third-order valence-corrected chi connectivity index (χ3v) is 4.94. The van der Waals surface area contributed by atoms with E-state index in [4.69, 9.17) is 37.8 Å². The molecule has 32 heavy (non-hydrogen) atoms. The maximum atomic E-state index is 13.0. The van der Waals surface area contributed by atoms with E-state index in [1.54, 1.807) is 0 Å². The lowest BCUT2D eigenvalue weighted by Gasteiger charge is -2.27. The predicted octanol–water partition coefficient (Wildman–Crippen LogP) is 3.52. The minimum Gasteiger partial charge on any atom is -0.493 e. The number of hydrogen-bond acceptors (Lipinski definition) is 6. The Morgan fingerprint density at radius 2 is 1.84 bits per heavy atom. The molecular weight excluding hydrogens is 463 g/mol. The van der Waals surface area contributed by atoms with Gasteiger partial charge in [0.05, 0.1) is 17.8 Å². The molecule has 1 heterocycles. The Morgan fingerprint density at radius 1 is 1.12 bits per heavy atom. The van der Waals surface area contributed by atoms with Gasteiger partial charge in [-0.05, 0) is 48.9 Å². The molecule has 0 aromatic heterocycles. The summed E-state index contributed by atoms with van der Waals surface area (Å²) in [5.41, 5.74) is 0.0957. The van der Waals surface area contributed by atoms with Crippen LogP contribution in [0.1, 0.15) is 12.5 Å². The van der Waals surface area contributed by atoms with Gasteiger partial charge in [0.1, 0.15) is 5.57 Å². The first-order valence-corrected chi connectivity index (χ1v) is 9.82. The Kier molecular flexibility index (Phi) is 6.71. The number of amides is 4. The number of carbonyl (C=O) groups excluding carboxylic acids is 3. The molecular formula is C21H16Cl2N2O7. The fraction of sp³-hybridized carbons (Fsp3) is 0.143. The standard InChI is InChI=1S/C21H16Cl2N2O7/c1-10(20(28)29)32-16-6-3-11(8-17(16)31-2)7-13-18(26)24-21(30)25(19(13)27)15-5-4-12(22)9-14(15)23/h3-10H,1-2H3,(H,28,29)(H,24,26,30)/b13-7+/t10-/m1/s1. The average molecular weight is 479 g/mol. The van der Waals surface area contributed by atoms with Gasteiger partial charge in [0.25, 0.3) is 11.8 Å². The zero-order valence-electron chi connectivity index (χ0n) is 16.7. The fourth-order valence-corrected chi connectivity index (χ4v) is 3.31. The normalized spacial score (nSPS) is 16.1. The number of aliphatic carboxylic acids is 1. The molecule has 4 amide bonds. The number of carbonyl (C=O) groups is 4. The number of ether oxygens (including phenoxy) is 2. The molecule has 1 saturated heterocycles. The van der Waals surface area contributed by atoms with E-state index in [0.717, 1.165) is 4.90 Å². The van der Waals surface area contributed by atoms with Gasteiger partial charge in [-0.2, -0.15) is 0 Å². The SMILES string of the molecule is COc1cc(/C=C2\C(=O)NC(=O)N(c3ccc(Cl)cc3Cl)C2=O)ccc1O[C@H](C)C(=O)O. The Hall–Kier alpha value is -3.56. The highest BCUT2D eigenvalue weighted by Crippen LogP contribution is 2.33. The molecule has 9 nitrogen and oxygen atoms in total. The lowest BCUT2D eigenvalue weighted by Crippen LogP contribution is -2.54. The van der Waals surface area contributed by atoms with E-state index >= 15 is 0 Å². The van der Waals surface area contributed by atoms with Crippen LogP contribution in [0, 0.1) is 0 Å². The molecule has 1 atom stereocenters. The number of methoxy groups -OCH3 is 1. The molecule has 3 rings (SSSR count). The zero-order chi connectivity index (χ0) is 23.6. The van der Waals surface area contributed by atoms with Crippen molar-refractivity contribution in [3.63, 3.8) is 0 Å². The van der Waals surface area contributed by atoms with Gasteiger partial charge < -0.3 is 14.6 Å². The van der Waals surface area contributed by atoms with Crippen LogP contribution in [0.4, 0.5) is 10.5 Å². The van der Waals surface area contributed by atoms with Crippen LogP contribution >= 0.6 is 23.2 Å². The maximum Gasteiger partial charge on any atom is 0.344 e. The highest BCUT2D eigenvalue weighted by molar-refractivity contribution is 6.42. The van der Waals surface area contributed by atoms with Gasteiger partial charge in [-0.25, -0.2) is 14.5 Å². The predicted molar refractivity (Wildman–Crippen MR) is 116 cm³/mol. The van der Waals surface area contributed by atoms with Crippen molar-refractivity contribution >= 4 is 58.8 Å².